The number of hydrogen-bond donors (Lipinski definition) is 0. The summed E-state index contributed by atoms with van der Waals surface area (Å²) in [7, 11) is 0. The molecule has 0 bridgehead atoms. The van der Waals surface area contributed by atoms with Crippen LogP contribution < -0.4 is 0 Å². The van der Waals surface area contributed by atoms with Crippen LogP contribution in [0.1, 0.15) is 17.2 Å². The van der Waals surface area contributed by atoms with Crippen molar-refractivity contribution >= 4 is 15.9 Å². The van der Waals surface area contributed by atoms with Gasteiger partial charge in [0.2, 0.25) is 5.79 Å². The highest BCUT2D eigenvalue weighted by Crippen LogP contribution is 2.41. The van der Waals surface area contributed by atoms with Gasteiger partial charge in [-0.05, 0) is 5.56 Å². The molecule has 2 atom stereocenters. The molecular weight excluding hydrogens is 304 g/mol. The van der Waals surface area contributed by atoms with Crippen molar-refractivity contribution in [2.75, 3.05) is 11.9 Å². The second-order valence-corrected chi connectivity index (χ2v) is 5.14. The summed E-state index contributed by atoms with van der Waals surface area (Å²) in [6.45, 7) is 0.574. The fraction of sp³-hybridized carbons (Fsp3) is 0.250. The zero-order chi connectivity index (χ0) is 13.1. The Labute approximate surface area is 121 Å². The second kappa shape index (κ2) is 5.45. The van der Waals surface area contributed by atoms with Crippen LogP contribution >= 0.6 is 15.9 Å². The Morgan fingerprint density at radius 3 is 2.26 bits per heavy atom. The Bertz CT molecular complexity index is 529. The molecule has 1 aliphatic heterocycles. The van der Waals surface area contributed by atoms with Crippen molar-refractivity contribution in [3.8, 4) is 0 Å². The number of ether oxygens (including phenoxy) is 2. The van der Waals surface area contributed by atoms with Gasteiger partial charge in [0, 0.05) is 5.56 Å². The molecule has 1 heterocycles. The molecule has 1 saturated heterocycles. The molecule has 2 unspecified atom stereocenters. The quantitative estimate of drug-likeness (QED) is 0.796. The zero-order valence-corrected chi connectivity index (χ0v) is 12.0. The Morgan fingerprint density at radius 2 is 1.63 bits per heavy atom. The fourth-order valence-corrected chi connectivity index (χ4v) is 2.95. The van der Waals surface area contributed by atoms with Crippen LogP contribution in [-0.2, 0) is 15.3 Å². The largest absolute Gasteiger partial charge is 0.342 e. The van der Waals surface area contributed by atoms with Gasteiger partial charge in [-0.3, -0.25) is 0 Å². The van der Waals surface area contributed by atoms with Gasteiger partial charge in [-0.25, -0.2) is 0 Å². The minimum atomic E-state index is -0.679. The third kappa shape index (κ3) is 2.46. The SMILES string of the molecule is BrCC1(c2ccccc2)OCC(c2ccccc2)O1. The molecule has 2 aromatic rings. The van der Waals surface area contributed by atoms with E-state index in [1.807, 2.05) is 48.5 Å². The van der Waals surface area contributed by atoms with E-state index in [0.717, 1.165) is 11.1 Å². The van der Waals surface area contributed by atoms with Crippen molar-refractivity contribution in [3.05, 3.63) is 71.8 Å². The maximum absolute atomic E-state index is 6.20. The molecule has 2 aromatic carbocycles. The normalized spacial score (nSPS) is 26.5. The van der Waals surface area contributed by atoms with Crippen LogP contribution in [0.3, 0.4) is 0 Å². The van der Waals surface area contributed by atoms with Gasteiger partial charge < -0.3 is 9.47 Å². The summed E-state index contributed by atoms with van der Waals surface area (Å²) in [4.78, 5) is 0. The van der Waals surface area contributed by atoms with Crippen molar-refractivity contribution in [1.82, 2.24) is 0 Å². The van der Waals surface area contributed by atoms with E-state index in [2.05, 4.69) is 28.1 Å². The average Bonchev–Trinajstić information content (AvgIpc) is 2.95. The highest BCUT2D eigenvalue weighted by atomic mass is 79.9. The van der Waals surface area contributed by atoms with Gasteiger partial charge in [0.25, 0.3) is 0 Å². The van der Waals surface area contributed by atoms with Crippen LogP contribution in [0.2, 0.25) is 0 Å². The topological polar surface area (TPSA) is 18.5 Å². The molecule has 98 valence electrons. The van der Waals surface area contributed by atoms with Crippen LogP contribution in [0.15, 0.2) is 60.7 Å². The maximum atomic E-state index is 6.20. The Kier molecular flexibility index (Phi) is 3.69. The zero-order valence-electron chi connectivity index (χ0n) is 10.5. The van der Waals surface area contributed by atoms with E-state index in [1.54, 1.807) is 0 Å². The van der Waals surface area contributed by atoms with Gasteiger partial charge in [0.15, 0.2) is 0 Å². The van der Waals surface area contributed by atoms with Crippen LogP contribution in [-0.4, -0.2) is 11.9 Å². The Balaban J connectivity index is 1.87. The van der Waals surface area contributed by atoms with Gasteiger partial charge in [-0.1, -0.05) is 76.6 Å². The predicted octanol–water partition coefficient (Wildman–Crippen LogP) is 4.02. The summed E-state index contributed by atoms with van der Waals surface area (Å²) in [6.07, 6.45) is -0.0149. The predicted molar refractivity (Wildman–Crippen MR) is 78.1 cm³/mol. The number of hydrogen-bond acceptors (Lipinski definition) is 2. The molecule has 2 nitrogen and oxygen atoms in total. The number of benzene rings is 2. The van der Waals surface area contributed by atoms with Crippen molar-refractivity contribution in [1.29, 1.82) is 0 Å². The van der Waals surface area contributed by atoms with Crippen molar-refractivity contribution in [2.24, 2.45) is 0 Å². The average molecular weight is 319 g/mol. The van der Waals surface area contributed by atoms with E-state index in [4.69, 9.17) is 9.47 Å². The molecule has 1 fully saturated rings. The maximum Gasteiger partial charge on any atom is 0.205 e. The van der Waals surface area contributed by atoms with Crippen LogP contribution in [0.25, 0.3) is 0 Å². The van der Waals surface area contributed by atoms with E-state index < -0.39 is 5.79 Å². The molecule has 0 aliphatic carbocycles. The molecule has 3 heteroatoms. The van der Waals surface area contributed by atoms with E-state index >= 15 is 0 Å². The highest BCUT2D eigenvalue weighted by Gasteiger charge is 2.42. The van der Waals surface area contributed by atoms with E-state index in [-0.39, 0.29) is 6.10 Å². The van der Waals surface area contributed by atoms with E-state index in [1.165, 1.54) is 0 Å². The third-order valence-corrected chi connectivity index (χ3v) is 4.10. The molecule has 19 heavy (non-hydrogen) atoms. The van der Waals surface area contributed by atoms with Gasteiger partial charge in [-0.2, -0.15) is 0 Å². The first-order chi connectivity index (χ1) is 9.34. The monoisotopic (exact) mass is 318 g/mol. The molecular formula is C16H15BrO2. The standard InChI is InChI=1S/C16H15BrO2/c17-12-16(14-9-5-2-6-10-14)18-11-15(19-16)13-7-3-1-4-8-13/h1-10,15H,11-12H2. The summed E-state index contributed by atoms with van der Waals surface area (Å²) < 4.78 is 12.2. The first-order valence-electron chi connectivity index (χ1n) is 6.32. The molecule has 0 saturated carbocycles. The number of alkyl halides is 1. The lowest BCUT2D eigenvalue weighted by atomic mass is 10.1. The highest BCUT2D eigenvalue weighted by molar-refractivity contribution is 9.09. The lowest BCUT2D eigenvalue weighted by Crippen LogP contribution is -2.29. The van der Waals surface area contributed by atoms with Crippen LogP contribution in [0.4, 0.5) is 0 Å². The van der Waals surface area contributed by atoms with Gasteiger partial charge in [0.1, 0.15) is 6.10 Å². The first-order valence-corrected chi connectivity index (χ1v) is 7.44. The number of rotatable bonds is 3. The van der Waals surface area contributed by atoms with Gasteiger partial charge >= 0.3 is 0 Å². The lowest BCUT2D eigenvalue weighted by molar-refractivity contribution is -0.157. The smallest absolute Gasteiger partial charge is 0.205 e. The number of halogens is 1. The summed E-state index contributed by atoms with van der Waals surface area (Å²) >= 11 is 3.52. The van der Waals surface area contributed by atoms with Crippen molar-refractivity contribution in [3.63, 3.8) is 0 Å². The van der Waals surface area contributed by atoms with Crippen molar-refractivity contribution in [2.45, 2.75) is 11.9 Å². The van der Waals surface area contributed by atoms with E-state index in [0.29, 0.717) is 11.9 Å². The molecule has 0 N–H and O–H groups in total. The summed E-state index contributed by atoms with van der Waals surface area (Å²) in [5.74, 6) is -0.679. The van der Waals surface area contributed by atoms with Gasteiger partial charge in [-0.15, -0.1) is 0 Å². The lowest BCUT2D eigenvalue weighted by Gasteiger charge is -2.26. The summed E-state index contributed by atoms with van der Waals surface area (Å²) in [6, 6.07) is 20.3. The van der Waals surface area contributed by atoms with Crippen molar-refractivity contribution < 1.29 is 9.47 Å². The fourth-order valence-electron chi connectivity index (χ4n) is 2.33. The Morgan fingerprint density at radius 1 is 1.00 bits per heavy atom. The Hall–Kier alpha value is -1.16. The van der Waals surface area contributed by atoms with E-state index in [9.17, 15) is 0 Å². The van der Waals surface area contributed by atoms with Crippen LogP contribution in [0.5, 0.6) is 0 Å². The molecule has 1 aliphatic rings. The minimum Gasteiger partial charge on any atom is -0.342 e. The second-order valence-electron chi connectivity index (χ2n) is 4.58. The molecule has 0 radical (unpaired) electrons. The molecule has 0 amide bonds. The molecule has 0 aromatic heterocycles. The summed E-state index contributed by atoms with van der Waals surface area (Å²) in [5, 5.41) is 0.618. The minimum absolute atomic E-state index is 0.0149. The first kappa shape index (κ1) is 12.9. The molecule has 3 rings (SSSR count). The molecule has 0 spiro atoms. The van der Waals surface area contributed by atoms with Crippen LogP contribution in [0, 0.1) is 0 Å². The summed E-state index contributed by atoms with van der Waals surface area (Å²) in [5.41, 5.74) is 2.20. The third-order valence-electron chi connectivity index (χ3n) is 3.36. The van der Waals surface area contributed by atoms with Gasteiger partial charge in [0.05, 0.1) is 11.9 Å².